The maximum atomic E-state index is 12.8. The van der Waals surface area contributed by atoms with E-state index in [9.17, 15) is 24.6 Å². The number of likely N-dealkylation sites (tertiary alicyclic amines) is 1. The van der Waals surface area contributed by atoms with E-state index in [0.29, 0.717) is 0 Å². The lowest BCUT2D eigenvalue weighted by Gasteiger charge is -2.31. The van der Waals surface area contributed by atoms with Crippen LogP contribution < -0.4 is 5.32 Å². The lowest BCUT2D eigenvalue weighted by Crippen LogP contribution is -2.57. The van der Waals surface area contributed by atoms with E-state index in [2.05, 4.69) is 17.9 Å². The van der Waals surface area contributed by atoms with Crippen molar-refractivity contribution in [2.24, 2.45) is 5.92 Å². The highest BCUT2D eigenvalue weighted by Gasteiger charge is 2.43. The van der Waals surface area contributed by atoms with Crippen LogP contribution in [0, 0.1) is 5.92 Å². The van der Waals surface area contributed by atoms with Crippen molar-refractivity contribution in [3.05, 3.63) is 0 Å². The van der Waals surface area contributed by atoms with Gasteiger partial charge in [0.2, 0.25) is 11.8 Å². The van der Waals surface area contributed by atoms with Gasteiger partial charge < -0.3 is 25.2 Å². The number of aliphatic hydroxyl groups is 1. The van der Waals surface area contributed by atoms with Crippen LogP contribution in [0.5, 0.6) is 0 Å². The summed E-state index contributed by atoms with van der Waals surface area (Å²) in [6.45, 7) is 5.34. The first-order chi connectivity index (χ1) is 11.6. The van der Waals surface area contributed by atoms with Crippen molar-refractivity contribution in [2.75, 3.05) is 13.7 Å². The molecule has 0 saturated carbocycles. The number of aliphatic carboxylic acids is 1. The Morgan fingerprint density at radius 1 is 1.36 bits per heavy atom. The van der Waals surface area contributed by atoms with Gasteiger partial charge in [0.1, 0.15) is 12.1 Å². The summed E-state index contributed by atoms with van der Waals surface area (Å²) >= 11 is 4.30. The molecule has 1 saturated heterocycles. The Labute approximate surface area is 153 Å². The molecule has 1 fully saturated rings. The number of amides is 2. The number of methoxy groups -OCH3 is 1. The molecule has 0 radical (unpaired) electrons. The van der Waals surface area contributed by atoms with Gasteiger partial charge in [-0.15, -0.1) is 0 Å². The lowest BCUT2D eigenvalue weighted by molar-refractivity contribution is -0.151. The predicted molar refractivity (Wildman–Crippen MR) is 94.4 cm³/mol. The minimum Gasteiger partial charge on any atom is -0.480 e. The molecule has 0 aromatic rings. The number of carboxylic acids is 1. The average Bonchev–Trinajstić information content (AvgIpc) is 2.98. The Kier molecular flexibility index (Phi) is 8.17. The van der Waals surface area contributed by atoms with Gasteiger partial charge in [0.05, 0.1) is 17.5 Å². The van der Waals surface area contributed by atoms with E-state index in [0.717, 1.165) is 11.3 Å². The molecule has 1 heterocycles. The van der Waals surface area contributed by atoms with Gasteiger partial charge in [-0.3, -0.25) is 9.59 Å². The first-order valence-corrected chi connectivity index (χ1v) is 8.88. The van der Waals surface area contributed by atoms with Crippen LogP contribution >= 0.6 is 12.6 Å². The van der Waals surface area contributed by atoms with Crippen LogP contribution in [0.25, 0.3) is 0 Å². The van der Waals surface area contributed by atoms with E-state index >= 15 is 0 Å². The van der Waals surface area contributed by atoms with Gasteiger partial charge in [-0.25, -0.2) is 4.79 Å². The van der Waals surface area contributed by atoms with Gasteiger partial charge in [-0.2, -0.15) is 12.6 Å². The van der Waals surface area contributed by atoms with Crippen LogP contribution in [0.2, 0.25) is 0 Å². The average molecular weight is 376 g/mol. The molecule has 2 amide bonds. The molecular weight excluding hydrogens is 348 g/mol. The second-order valence-corrected chi connectivity index (χ2v) is 7.05. The number of carbonyl (C=O) groups is 3. The van der Waals surface area contributed by atoms with Crippen molar-refractivity contribution in [3.63, 3.8) is 0 Å². The fourth-order valence-electron chi connectivity index (χ4n) is 2.71. The summed E-state index contributed by atoms with van der Waals surface area (Å²) in [6.07, 6.45) is -0.858. The number of carbonyl (C=O) groups excluding carboxylic acids is 2. The van der Waals surface area contributed by atoms with Gasteiger partial charge in [0.25, 0.3) is 0 Å². The Balaban J connectivity index is 2.96. The highest BCUT2D eigenvalue weighted by Crippen LogP contribution is 2.21. The second kappa shape index (κ2) is 9.40. The summed E-state index contributed by atoms with van der Waals surface area (Å²) in [5.41, 5.74) is 0. The topological polar surface area (TPSA) is 116 Å². The number of thiol groups is 1. The molecule has 0 aromatic carbocycles. The van der Waals surface area contributed by atoms with Gasteiger partial charge >= 0.3 is 5.97 Å². The third-order valence-electron chi connectivity index (χ3n) is 4.70. The minimum atomic E-state index is -1.19. The van der Waals surface area contributed by atoms with Crippen molar-refractivity contribution < 1.29 is 29.3 Å². The molecule has 0 aromatic heterocycles. The zero-order chi connectivity index (χ0) is 19.3. The number of ether oxygens (including phenoxy) is 1. The first kappa shape index (κ1) is 21.7. The fourth-order valence-corrected chi connectivity index (χ4v) is 2.99. The van der Waals surface area contributed by atoms with Crippen molar-refractivity contribution in [2.45, 2.75) is 63.2 Å². The number of nitrogens with zero attached hydrogens (tertiary/aromatic N) is 1. The normalized spacial score (nSPS) is 25.1. The van der Waals surface area contributed by atoms with E-state index < -0.39 is 47.3 Å². The summed E-state index contributed by atoms with van der Waals surface area (Å²) in [6, 6.07) is -2.17. The molecule has 3 N–H and O–H groups in total. The van der Waals surface area contributed by atoms with Crippen LogP contribution in [-0.2, 0) is 19.1 Å². The van der Waals surface area contributed by atoms with E-state index in [4.69, 9.17) is 4.74 Å². The Bertz CT molecular complexity index is 503. The molecule has 1 aliphatic heterocycles. The maximum absolute atomic E-state index is 12.8. The Morgan fingerprint density at radius 2 is 1.96 bits per heavy atom. The lowest BCUT2D eigenvalue weighted by atomic mass is 10.0. The Morgan fingerprint density at radius 3 is 2.44 bits per heavy atom. The number of aliphatic hydroxyl groups excluding tert-OH is 1. The molecule has 8 nitrogen and oxygen atoms in total. The standard InChI is InChI=1S/C16H28N2O6S/c1-5-8(2)13(25)14(20)17-12(9(3)24-4)15(21)18-7-10(19)6-11(18)16(22)23/h8-13,19,25H,5-7H2,1-4H3,(H,17,20)(H,22,23)/t8?,9?,10-,11+,12?,13?/m1/s1. The summed E-state index contributed by atoms with van der Waals surface area (Å²) in [5.74, 6) is -2.17. The molecule has 9 heteroatoms. The molecule has 0 bridgehead atoms. The van der Waals surface area contributed by atoms with Crippen molar-refractivity contribution >= 4 is 30.4 Å². The van der Waals surface area contributed by atoms with E-state index in [-0.39, 0.29) is 18.9 Å². The molecule has 6 atom stereocenters. The van der Waals surface area contributed by atoms with Crippen LogP contribution in [-0.4, -0.2) is 76.1 Å². The summed E-state index contributed by atoms with van der Waals surface area (Å²) < 4.78 is 5.19. The fraction of sp³-hybridized carbons (Fsp3) is 0.812. The maximum Gasteiger partial charge on any atom is 0.326 e. The molecule has 0 spiro atoms. The quantitative estimate of drug-likeness (QED) is 0.440. The van der Waals surface area contributed by atoms with Crippen molar-refractivity contribution in [1.82, 2.24) is 10.2 Å². The largest absolute Gasteiger partial charge is 0.480 e. The number of nitrogens with one attached hydrogen (secondary N) is 1. The number of rotatable bonds is 8. The molecule has 144 valence electrons. The van der Waals surface area contributed by atoms with Crippen LogP contribution in [0.1, 0.15) is 33.6 Å². The number of carboxylic acid groups (broad SMARTS) is 1. The second-order valence-electron chi connectivity index (χ2n) is 6.49. The smallest absolute Gasteiger partial charge is 0.326 e. The van der Waals surface area contributed by atoms with Gasteiger partial charge in [0.15, 0.2) is 0 Å². The van der Waals surface area contributed by atoms with Gasteiger partial charge in [-0.1, -0.05) is 20.3 Å². The number of hydrogen-bond donors (Lipinski definition) is 4. The highest BCUT2D eigenvalue weighted by molar-refractivity contribution is 7.81. The van der Waals surface area contributed by atoms with Crippen LogP contribution in [0.4, 0.5) is 0 Å². The molecule has 0 aliphatic carbocycles. The predicted octanol–water partition coefficient (Wildman–Crippen LogP) is -0.103. The Hall–Kier alpha value is -1.32. The van der Waals surface area contributed by atoms with E-state index in [1.165, 1.54) is 7.11 Å². The molecule has 1 rings (SSSR count). The molecular formula is C16H28N2O6S. The zero-order valence-electron chi connectivity index (χ0n) is 15.0. The molecule has 1 aliphatic rings. The number of β-amino-alcohol motifs (C(OH)–C–C–N with tert-alkyl or cyclic N) is 1. The first-order valence-electron chi connectivity index (χ1n) is 8.36. The SMILES string of the molecule is CCC(C)C(S)C(=O)NC(C(=O)N1C[C@H](O)C[C@H]1C(=O)O)C(C)OC. The number of hydrogen-bond acceptors (Lipinski definition) is 6. The zero-order valence-corrected chi connectivity index (χ0v) is 15.9. The van der Waals surface area contributed by atoms with Gasteiger partial charge in [0, 0.05) is 20.1 Å². The highest BCUT2D eigenvalue weighted by atomic mass is 32.1. The molecule has 4 unspecified atom stereocenters. The van der Waals surface area contributed by atoms with E-state index in [1.807, 2.05) is 13.8 Å². The minimum absolute atomic E-state index is 0.0114. The molecule has 25 heavy (non-hydrogen) atoms. The van der Waals surface area contributed by atoms with Crippen LogP contribution in [0.15, 0.2) is 0 Å². The summed E-state index contributed by atoms with van der Waals surface area (Å²) in [4.78, 5) is 37.7. The third kappa shape index (κ3) is 5.32. The monoisotopic (exact) mass is 376 g/mol. The summed E-state index contributed by atoms with van der Waals surface area (Å²) in [7, 11) is 1.40. The van der Waals surface area contributed by atoms with Crippen LogP contribution in [0.3, 0.4) is 0 Å². The van der Waals surface area contributed by atoms with Crippen molar-refractivity contribution in [3.8, 4) is 0 Å². The summed E-state index contributed by atoms with van der Waals surface area (Å²) in [5, 5.41) is 21.0. The van der Waals surface area contributed by atoms with E-state index in [1.54, 1.807) is 6.92 Å². The van der Waals surface area contributed by atoms with Crippen molar-refractivity contribution in [1.29, 1.82) is 0 Å². The van der Waals surface area contributed by atoms with Gasteiger partial charge in [-0.05, 0) is 12.8 Å². The third-order valence-corrected chi connectivity index (χ3v) is 5.45.